The molecule has 1 aromatic rings. The Balaban J connectivity index is 2.11. The summed E-state index contributed by atoms with van der Waals surface area (Å²) in [6.45, 7) is 0.118. The van der Waals surface area contributed by atoms with Crippen molar-refractivity contribution in [3.05, 3.63) is 34.9 Å². The molecule has 0 spiro atoms. The van der Waals surface area contributed by atoms with E-state index in [0.29, 0.717) is 5.02 Å². The average molecular weight is 312 g/mol. The second-order valence-corrected chi connectivity index (χ2v) is 4.74. The number of hydrogen-bond acceptors (Lipinski definition) is 3. The molecule has 1 rings (SSSR count). The first-order valence-corrected chi connectivity index (χ1v) is 6.53. The summed E-state index contributed by atoms with van der Waals surface area (Å²) in [5.41, 5.74) is 0.798. The van der Waals surface area contributed by atoms with Crippen molar-refractivity contribution in [3.8, 4) is 0 Å². The standard InChI is InChI=1S/C13H17ClF3NO2/c14-12-4-2-1-3-10(12)8-20-9-11(19)7-18-6-5-13(15,16)17/h1-4,11,18-19H,5-9H2. The number of ether oxygens (including phenoxy) is 1. The molecular formula is C13H17ClF3NO2. The topological polar surface area (TPSA) is 41.5 Å². The molecule has 0 heterocycles. The van der Waals surface area contributed by atoms with Crippen molar-refractivity contribution in [2.75, 3.05) is 19.7 Å². The summed E-state index contributed by atoms with van der Waals surface area (Å²) in [6.07, 6.45) is -5.95. The SMILES string of the molecule is OC(CNCCC(F)(F)F)COCc1ccccc1Cl. The molecule has 0 amide bonds. The van der Waals surface area contributed by atoms with Crippen molar-refractivity contribution in [2.45, 2.75) is 25.3 Å². The van der Waals surface area contributed by atoms with Crippen molar-refractivity contribution >= 4 is 11.6 Å². The van der Waals surface area contributed by atoms with Gasteiger partial charge in [-0.25, -0.2) is 0 Å². The lowest BCUT2D eigenvalue weighted by Crippen LogP contribution is -2.32. The van der Waals surface area contributed by atoms with Gasteiger partial charge in [0, 0.05) is 18.1 Å². The molecular weight excluding hydrogens is 295 g/mol. The summed E-state index contributed by atoms with van der Waals surface area (Å²) in [5, 5.41) is 12.6. The molecule has 3 nitrogen and oxygen atoms in total. The Labute approximate surface area is 120 Å². The van der Waals surface area contributed by atoms with E-state index in [0.717, 1.165) is 5.56 Å². The van der Waals surface area contributed by atoms with Gasteiger partial charge >= 0.3 is 6.18 Å². The number of nitrogens with one attached hydrogen (secondary N) is 1. The number of benzene rings is 1. The van der Waals surface area contributed by atoms with E-state index in [-0.39, 0.29) is 26.3 Å². The van der Waals surface area contributed by atoms with E-state index >= 15 is 0 Å². The number of aliphatic hydroxyl groups excluding tert-OH is 1. The fraction of sp³-hybridized carbons (Fsp3) is 0.538. The normalized spacial score (nSPS) is 13.4. The first-order valence-electron chi connectivity index (χ1n) is 6.15. The molecule has 0 aliphatic rings. The minimum atomic E-state index is -4.18. The molecule has 114 valence electrons. The molecule has 0 aliphatic carbocycles. The van der Waals surface area contributed by atoms with Crippen LogP contribution in [0.25, 0.3) is 0 Å². The molecule has 7 heteroatoms. The minimum Gasteiger partial charge on any atom is -0.389 e. The van der Waals surface area contributed by atoms with Crippen molar-refractivity contribution in [2.24, 2.45) is 0 Å². The highest BCUT2D eigenvalue weighted by Crippen LogP contribution is 2.18. The molecule has 20 heavy (non-hydrogen) atoms. The maximum absolute atomic E-state index is 11.9. The number of alkyl halides is 3. The fourth-order valence-corrected chi connectivity index (χ4v) is 1.67. The zero-order valence-corrected chi connectivity index (χ0v) is 11.5. The van der Waals surface area contributed by atoms with E-state index in [4.69, 9.17) is 16.3 Å². The Hall–Kier alpha value is -0.820. The van der Waals surface area contributed by atoms with Gasteiger partial charge in [0.25, 0.3) is 0 Å². The molecule has 0 fully saturated rings. The van der Waals surface area contributed by atoms with Crippen LogP contribution in [0.1, 0.15) is 12.0 Å². The van der Waals surface area contributed by atoms with Crippen LogP contribution in [0, 0.1) is 0 Å². The van der Waals surface area contributed by atoms with Crippen LogP contribution in [0.4, 0.5) is 13.2 Å². The molecule has 0 saturated carbocycles. The highest BCUT2D eigenvalue weighted by molar-refractivity contribution is 6.31. The summed E-state index contributed by atoms with van der Waals surface area (Å²) in [4.78, 5) is 0. The van der Waals surface area contributed by atoms with Gasteiger partial charge in [-0.15, -0.1) is 0 Å². The molecule has 1 atom stereocenters. The zero-order valence-electron chi connectivity index (χ0n) is 10.8. The van der Waals surface area contributed by atoms with E-state index in [1.807, 2.05) is 6.07 Å². The summed E-state index contributed by atoms with van der Waals surface area (Å²) < 4.78 is 40.9. The van der Waals surface area contributed by atoms with Gasteiger partial charge < -0.3 is 15.2 Å². The first-order chi connectivity index (χ1) is 9.38. The van der Waals surface area contributed by atoms with Crippen molar-refractivity contribution in [1.82, 2.24) is 5.32 Å². The van der Waals surface area contributed by atoms with Crippen LogP contribution in [0.3, 0.4) is 0 Å². The quantitative estimate of drug-likeness (QED) is 0.725. The summed E-state index contributed by atoms with van der Waals surface area (Å²) in [6, 6.07) is 7.15. The number of halogens is 4. The third kappa shape index (κ3) is 7.69. The lowest BCUT2D eigenvalue weighted by atomic mass is 10.2. The number of rotatable bonds is 8. The van der Waals surface area contributed by atoms with E-state index < -0.39 is 18.7 Å². The summed E-state index contributed by atoms with van der Waals surface area (Å²) in [5.74, 6) is 0. The number of aliphatic hydroxyl groups is 1. The average Bonchev–Trinajstić information content (AvgIpc) is 2.36. The lowest BCUT2D eigenvalue weighted by molar-refractivity contribution is -0.133. The first kappa shape index (κ1) is 17.2. The Kier molecular flexibility index (Phi) is 7.29. The van der Waals surface area contributed by atoms with Crippen LogP contribution < -0.4 is 5.32 Å². The predicted molar refractivity (Wildman–Crippen MR) is 70.7 cm³/mol. The third-order valence-corrected chi connectivity index (χ3v) is 2.86. The van der Waals surface area contributed by atoms with Crippen LogP contribution in [-0.4, -0.2) is 37.1 Å². The van der Waals surface area contributed by atoms with E-state index in [1.54, 1.807) is 18.2 Å². The molecule has 1 aromatic carbocycles. The number of hydrogen-bond donors (Lipinski definition) is 2. The van der Waals surface area contributed by atoms with Crippen molar-refractivity contribution in [3.63, 3.8) is 0 Å². The molecule has 0 aromatic heterocycles. The van der Waals surface area contributed by atoms with Crippen molar-refractivity contribution < 1.29 is 23.0 Å². The third-order valence-electron chi connectivity index (χ3n) is 2.49. The van der Waals surface area contributed by atoms with Crippen LogP contribution in [-0.2, 0) is 11.3 Å². The second kappa shape index (κ2) is 8.46. The molecule has 0 saturated heterocycles. The summed E-state index contributed by atoms with van der Waals surface area (Å²) in [7, 11) is 0. The Morgan fingerprint density at radius 1 is 1.30 bits per heavy atom. The van der Waals surface area contributed by atoms with Gasteiger partial charge in [-0.2, -0.15) is 13.2 Å². The van der Waals surface area contributed by atoms with Crippen molar-refractivity contribution in [1.29, 1.82) is 0 Å². The molecule has 2 N–H and O–H groups in total. The van der Waals surface area contributed by atoms with Gasteiger partial charge in [0.1, 0.15) is 0 Å². The van der Waals surface area contributed by atoms with Gasteiger partial charge in [-0.3, -0.25) is 0 Å². The predicted octanol–water partition coefficient (Wildman–Crippen LogP) is 2.76. The molecule has 1 unspecified atom stereocenters. The van der Waals surface area contributed by atoms with E-state index in [2.05, 4.69) is 5.32 Å². The van der Waals surface area contributed by atoms with E-state index in [9.17, 15) is 18.3 Å². The Morgan fingerprint density at radius 2 is 2.00 bits per heavy atom. The highest BCUT2D eigenvalue weighted by Gasteiger charge is 2.26. The molecule has 0 radical (unpaired) electrons. The van der Waals surface area contributed by atoms with Gasteiger partial charge in [-0.1, -0.05) is 29.8 Å². The smallest absolute Gasteiger partial charge is 0.389 e. The van der Waals surface area contributed by atoms with Crippen LogP contribution in [0.15, 0.2) is 24.3 Å². The van der Waals surface area contributed by atoms with Gasteiger partial charge in [0.05, 0.1) is 25.7 Å². The van der Waals surface area contributed by atoms with Crippen LogP contribution in [0.5, 0.6) is 0 Å². The summed E-state index contributed by atoms with van der Waals surface area (Å²) >= 11 is 5.92. The molecule has 0 aliphatic heterocycles. The Morgan fingerprint density at radius 3 is 2.65 bits per heavy atom. The maximum atomic E-state index is 11.9. The minimum absolute atomic E-state index is 0.0320. The zero-order chi connectivity index (χ0) is 15.0. The lowest BCUT2D eigenvalue weighted by Gasteiger charge is -2.13. The van der Waals surface area contributed by atoms with Gasteiger partial charge in [0.15, 0.2) is 0 Å². The Bertz CT molecular complexity index is 401. The second-order valence-electron chi connectivity index (χ2n) is 4.33. The van der Waals surface area contributed by atoms with Crippen LogP contribution >= 0.6 is 11.6 Å². The van der Waals surface area contributed by atoms with Gasteiger partial charge in [0.2, 0.25) is 0 Å². The fourth-order valence-electron chi connectivity index (χ4n) is 1.48. The van der Waals surface area contributed by atoms with E-state index in [1.165, 1.54) is 0 Å². The monoisotopic (exact) mass is 311 g/mol. The highest BCUT2D eigenvalue weighted by atomic mass is 35.5. The van der Waals surface area contributed by atoms with Crippen LogP contribution in [0.2, 0.25) is 5.02 Å². The maximum Gasteiger partial charge on any atom is 0.390 e. The van der Waals surface area contributed by atoms with Gasteiger partial charge in [-0.05, 0) is 11.6 Å². The molecule has 0 bridgehead atoms. The largest absolute Gasteiger partial charge is 0.390 e.